The highest BCUT2D eigenvalue weighted by atomic mass is 16.2. The van der Waals surface area contributed by atoms with Crippen LogP contribution in [0.1, 0.15) is 56.2 Å². The van der Waals surface area contributed by atoms with Crippen LogP contribution in [0.4, 0.5) is 5.82 Å². The van der Waals surface area contributed by atoms with Gasteiger partial charge < -0.3 is 5.32 Å². The Morgan fingerprint density at radius 1 is 1.00 bits per heavy atom. The van der Waals surface area contributed by atoms with E-state index in [-0.39, 0.29) is 5.91 Å². The molecule has 29 heavy (non-hydrogen) atoms. The highest BCUT2D eigenvalue weighted by Crippen LogP contribution is 2.36. The van der Waals surface area contributed by atoms with E-state index in [1.54, 1.807) is 6.20 Å². The number of likely N-dealkylation sites (tertiary alicyclic amines) is 1. The molecule has 0 radical (unpaired) electrons. The first kappa shape index (κ1) is 18.4. The molecule has 2 aromatic carbocycles. The molecule has 1 aliphatic carbocycles. The molecule has 1 aliphatic heterocycles. The van der Waals surface area contributed by atoms with Gasteiger partial charge in [-0.2, -0.15) is 5.10 Å². The highest BCUT2D eigenvalue weighted by Gasteiger charge is 2.29. The van der Waals surface area contributed by atoms with Crippen LogP contribution in [0.2, 0.25) is 0 Å². The number of nitrogens with zero attached hydrogens (tertiary/aromatic N) is 3. The van der Waals surface area contributed by atoms with Crippen molar-refractivity contribution in [3.63, 3.8) is 0 Å². The first-order valence-electron chi connectivity index (χ1n) is 10.8. The fraction of sp³-hybridized carbons (Fsp3) is 0.417. The molecule has 3 aromatic rings. The zero-order chi connectivity index (χ0) is 19.6. The molecule has 0 spiro atoms. The number of amides is 1. The minimum absolute atomic E-state index is 0.0527. The topological polar surface area (TPSA) is 50.2 Å². The standard InChI is InChI=1S/C24H28N4O/c29-24(26-23-14-15-25-28(23)19-9-2-3-10-19)17-27-16-6-13-22(27)21-12-5-8-18-7-1-4-11-20(18)21/h1,4-5,7-8,11-12,14-15,19,22H,2-3,6,9-10,13,16-17H2,(H,26,29). The molecular weight excluding hydrogens is 360 g/mol. The SMILES string of the molecule is O=C(CN1CCCC1c1cccc2ccccc12)Nc1ccnn1C1CCCC1. The Morgan fingerprint density at radius 2 is 1.83 bits per heavy atom. The van der Waals surface area contributed by atoms with Crippen molar-refractivity contribution >= 4 is 22.5 Å². The number of carbonyl (C=O) groups is 1. The van der Waals surface area contributed by atoms with E-state index < -0.39 is 0 Å². The largest absolute Gasteiger partial charge is 0.310 e. The fourth-order valence-corrected chi connectivity index (χ4v) is 5.13. The van der Waals surface area contributed by atoms with E-state index in [1.807, 2.05) is 10.7 Å². The zero-order valence-corrected chi connectivity index (χ0v) is 16.8. The van der Waals surface area contributed by atoms with Crippen molar-refractivity contribution in [3.8, 4) is 0 Å². The van der Waals surface area contributed by atoms with Crippen LogP contribution in [0, 0.1) is 0 Å². The maximum atomic E-state index is 12.9. The van der Waals surface area contributed by atoms with E-state index in [0.717, 1.165) is 38.0 Å². The van der Waals surface area contributed by atoms with Gasteiger partial charge in [0.15, 0.2) is 0 Å². The molecule has 1 amide bonds. The van der Waals surface area contributed by atoms with E-state index in [2.05, 4.69) is 57.8 Å². The Labute approximate surface area is 171 Å². The van der Waals surface area contributed by atoms with Crippen LogP contribution in [0.25, 0.3) is 10.8 Å². The fourth-order valence-electron chi connectivity index (χ4n) is 5.13. The molecule has 2 fully saturated rings. The lowest BCUT2D eigenvalue weighted by Gasteiger charge is -2.25. The molecule has 1 unspecified atom stereocenters. The van der Waals surface area contributed by atoms with Crippen molar-refractivity contribution in [2.45, 2.75) is 50.6 Å². The summed E-state index contributed by atoms with van der Waals surface area (Å²) in [6.45, 7) is 1.38. The third-order valence-electron chi connectivity index (χ3n) is 6.50. The normalized spacial score (nSPS) is 20.5. The van der Waals surface area contributed by atoms with Crippen molar-refractivity contribution in [1.29, 1.82) is 0 Å². The summed E-state index contributed by atoms with van der Waals surface area (Å²) in [5.74, 6) is 0.889. The van der Waals surface area contributed by atoms with Gasteiger partial charge in [0.25, 0.3) is 0 Å². The third-order valence-corrected chi connectivity index (χ3v) is 6.50. The second-order valence-corrected chi connectivity index (χ2v) is 8.34. The highest BCUT2D eigenvalue weighted by molar-refractivity contribution is 5.91. The van der Waals surface area contributed by atoms with Crippen LogP contribution >= 0.6 is 0 Å². The summed E-state index contributed by atoms with van der Waals surface area (Å²) in [5.41, 5.74) is 1.34. The number of hydrogen-bond acceptors (Lipinski definition) is 3. The summed E-state index contributed by atoms with van der Waals surface area (Å²) >= 11 is 0. The molecule has 5 heteroatoms. The molecule has 1 saturated heterocycles. The third kappa shape index (κ3) is 3.67. The number of benzene rings is 2. The Morgan fingerprint density at radius 3 is 2.72 bits per heavy atom. The second-order valence-electron chi connectivity index (χ2n) is 8.34. The summed E-state index contributed by atoms with van der Waals surface area (Å²) in [6, 6.07) is 17.7. The Balaban J connectivity index is 1.31. The number of rotatable bonds is 5. The van der Waals surface area contributed by atoms with Gasteiger partial charge in [-0.1, -0.05) is 55.3 Å². The molecule has 0 bridgehead atoms. The molecule has 150 valence electrons. The Kier molecular flexibility index (Phi) is 5.06. The zero-order valence-electron chi connectivity index (χ0n) is 16.8. The summed E-state index contributed by atoms with van der Waals surface area (Å²) in [7, 11) is 0. The van der Waals surface area contributed by atoms with E-state index in [4.69, 9.17) is 0 Å². The van der Waals surface area contributed by atoms with Gasteiger partial charge in [-0.15, -0.1) is 0 Å². The predicted molar refractivity (Wildman–Crippen MR) is 116 cm³/mol. The Bertz CT molecular complexity index is 1000. The van der Waals surface area contributed by atoms with Crippen molar-refractivity contribution < 1.29 is 4.79 Å². The summed E-state index contributed by atoms with van der Waals surface area (Å²) in [6.07, 6.45) is 8.82. The number of fused-ring (bicyclic) bond motifs is 1. The lowest BCUT2D eigenvalue weighted by atomic mass is 9.97. The van der Waals surface area contributed by atoms with Gasteiger partial charge in [-0.05, 0) is 48.6 Å². The molecule has 5 nitrogen and oxygen atoms in total. The monoisotopic (exact) mass is 388 g/mol. The van der Waals surface area contributed by atoms with Crippen LogP contribution in [0.15, 0.2) is 54.7 Å². The molecule has 5 rings (SSSR count). The molecule has 2 heterocycles. The van der Waals surface area contributed by atoms with Crippen molar-refractivity contribution in [1.82, 2.24) is 14.7 Å². The van der Waals surface area contributed by atoms with Crippen LogP contribution in [-0.4, -0.2) is 33.7 Å². The van der Waals surface area contributed by atoms with E-state index in [0.29, 0.717) is 18.6 Å². The van der Waals surface area contributed by atoms with Gasteiger partial charge in [0.1, 0.15) is 5.82 Å². The first-order chi connectivity index (χ1) is 14.3. The van der Waals surface area contributed by atoms with E-state index in [9.17, 15) is 4.79 Å². The number of hydrogen-bond donors (Lipinski definition) is 1. The van der Waals surface area contributed by atoms with Crippen LogP contribution in [-0.2, 0) is 4.79 Å². The van der Waals surface area contributed by atoms with Crippen LogP contribution in [0.5, 0.6) is 0 Å². The van der Waals surface area contributed by atoms with Crippen molar-refractivity contribution in [2.75, 3.05) is 18.4 Å². The smallest absolute Gasteiger partial charge is 0.239 e. The van der Waals surface area contributed by atoms with E-state index >= 15 is 0 Å². The van der Waals surface area contributed by atoms with E-state index in [1.165, 1.54) is 29.2 Å². The first-order valence-corrected chi connectivity index (χ1v) is 10.8. The lowest BCUT2D eigenvalue weighted by molar-refractivity contribution is -0.117. The second kappa shape index (κ2) is 7.99. The Hall–Kier alpha value is -2.66. The van der Waals surface area contributed by atoms with Gasteiger partial charge in [0.05, 0.1) is 18.8 Å². The molecule has 1 saturated carbocycles. The average Bonchev–Trinajstić information content (AvgIpc) is 3.49. The maximum absolute atomic E-state index is 12.9. The number of carbonyl (C=O) groups excluding carboxylic acids is 1. The van der Waals surface area contributed by atoms with Gasteiger partial charge in [0, 0.05) is 12.1 Å². The minimum Gasteiger partial charge on any atom is -0.310 e. The maximum Gasteiger partial charge on any atom is 0.239 e. The van der Waals surface area contributed by atoms with Crippen molar-refractivity contribution in [2.24, 2.45) is 0 Å². The van der Waals surface area contributed by atoms with Gasteiger partial charge in [0.2, 0.25) is 5.91 Å². The number of anilines is 1. The van der Waals surface area contributed by atoms with Gasteiger partial charge in [-0.3, -0.25) is 9.69 Å². The summed E-state index contributed by atoms with van der Waals surface area (Å²) < 4.78 is 2.01. The van der Waals surface area contributed by atoms with Gasteiger partial charge >= 0.3 is 0 Å². The average molecular weight is 389 g/mol. The molecule has 2 aliphatic rings. The summed E-state index contributed by atoms with van der Waals surface area (Å²) in [5, 5.41) is 10.2. The predicted octanol–water partition coefficient (Wildman–Crippen LogP) is 4.93. The quantitative estimate of drug-likeness (QED) is 0.674. The molecular formula is C24H28N4O. The molecule has 1 atom stereocenters. The van der Waals surface area contributed by atoms with Crippen LogP contribution < -0.4 is 5.32 Å². The number of nitrogens with one attached hydrogen (secondary N) is 1. The van der Waals surface area contributed by atoms with Gasteiger partial charge in [-0.25, -0.2) is 4.68 Å². The number of aromatic nitrogens is 2. The minimum atomic E-state index is 0.0527. The lowest BCUT2D eigenvalue weighted by Crippen LogP contribution is -2.33. The van der Waals surface area contributed by atoms with Crippen molar-refractivity contribution in [3.05, 3.63) is 60.3 Å². The molecule has 1 aromatic heterocycles. The van der Waals surface area contributed by atoms with Crippen LogP contribution in [0.3, 0.4) is 0 Å². The summed E-state index contributed by atoms with van der Waals surface area (Å²) in [4.78, 5) is 15.2. The molecule has 1 N–H and O–H groups in total.